The molecule has 6 heteroatoms. The highest BCUT2D eigenvalue weighted by molar-refractivity contribution is 5.85. The molecule has 1 aromatic heterocycles. The lowest BCUT2D eigenvalue weighted by Gasteiger charge is -2.49. The predicted octanol–water partition coefficient (Wildman–Crippen LogP) is 2.92. The van der Waals surface area contributed by atoms with Gasteiger partial charge in [-0.1, -0.05) is 18.2 Å². The standard InChI is InChI=1S/C21H29N3O3/c1-4-27-21(26)23(3)18-11-19-20-15(14-7-5-6-8-17(14)22-20)9-10-24(19)12-16(18)13(2)25/h5-8,13,16,18-19,22,25H,4,9-12H2,1-3H3/t13-,16-,18-,19-/m0/s1. The Bertz CT molecular complexity index is 831. The van der Waals surface area contributed by atoms with E-state index in [4.69, 9.17) is 4.74 Å². The highest BCUT2D eigenvalue weighted by atomic mass is 16.6. The first-order valence-electron chi connectivity index (χ1n) is 9.92. The minimum absolute atomic E-state index is 0.0154. The number of para-hydroxylation sites is 1. The highest BCUT2D eigenvalue weighted by Crippen LogP contribution is 2.42. The summed E-state index contributed by atoms with van der Waals surface area (Å²) in [5, 5.41) is 11.7. The van der Waals surface area contributed by atoms with Crippen LogP contribution in [0.5, 0.6) is 0 Å². The molecule has 4 atom stereocenters. The quantitative estimate of drug-likeness (QED) is 0.870. The third kappa shape index (κ3) is 3.11. The smallest absolute Gasteiger partial charge is 0.409 e. The minimum Gasteiger partial charge on any atom is -0.450 e. The van der Waals surface area contributed by atoms with Crippen molar-refractivity contribution in [3.63, 3.8) is 0 Å². The number of hydrogen-bond donors (Lipinski definition) is 2. The van der Waals surface area contributed by atoms with Crippen molar-refractivity contribution in [2.24, 2.45) is 5.92 Å². The zero-order valence-electron chi connectivity index (χ0n) is 16.3. The maximum atomic E-state index is 12.4. The van der Waals surface area contributed by atoms with Crippen LogP contribution in [-0.4, -0.2) is 64.9 Å². The summed E-state index contributed by atoms with van der Waals surface area (Å²) in [6, 6.07) is 8.64. The maximum Gasteiger partial charge on any atom is 0.409 e. The number of nitrogens with zero attached hydrogens (tertiary/aromatic N) is 2. The number of aromatic amines is 1. The van der Waals surface area contributed by atoms with Crippen molar-refractivity contribution in [3.05, 3.63) is 35.5 Å². The van der Waals surface area contributed by atoms with Crippen LogP contribution in [0.4, 0.5) is 4.79 Å². The molecule has 4 rings (SSSR count). The lowest BCUT2D eigenvalue weighted by atomic mass is 9.80. The van der Waals surface area contributed by atoms with Crippen LogP contribution < -0.4 is 0 Å². The molecule has 1 aromatic carbocycles. The van der Waals surface area contributed by atoms with Crippen molar-refractivity contribution in [2.45, 2.75) is 44.9 Å². The van der Waals surface area contributed by atoms with Crippen LogP contribution in [0.3, 0.4) is 0 Å². The van der Waals surface area contributed by atoms with Crippen molar-refractivity contribution in [1.82, 2.24) is 14.8 Å². The second-order valence-corrected chi connectivity index (χ2v) is 7.84. The second-order valence-electron chi connectivity index (χ2n) is 7.84. The summed E-state index contributed by atoms with van der Waals surface area (Å²) in [6.07, 6.45) is 1.03. The molecule has 0 unspecified atom stereocenters. The van der Waals surface area contributed by atoms with Crippen molar-refractivity contribution in [1.29, 1.82) is 0 Å². The van der Waals surface area contributed by atoms with Crippen LogP contribution in [0.1, 0.15) is 37.6 Å². The summed E-state index contributed by atoms with van der Waals surface area (Å²) >= 11 is 0. The molecule has 0 radical (unpaired) electrons. The minimum atomic E-state index is -0.475. The second kappa shape index (κ2) is 7.17. The number of aliphatic hydroxyl groups excluding tert-OH is 1. The summed E-state index contributed by atoms with van der Waals surface area (Å²) in [5.74, 6) is 0.0154. The van der Waals surface area contributed by atoms with Gasteiger partial charge in [0.1, 0.15) is 0 Å². The highest BCUT2D eigenvalue weighted by Gasteiger charge is 2.44. The molecule has 0 saturated carbocycles. The van der Waals surface area contributed by atoms with Gasteiger partial charge < -0.3 is 19.7 Å². The first-order valence-corrected chi connectivity index (χ1v) is 9.92. The van der Waals surface area contributed by atoms with E-state index in [-0.39, 0.29) is 24.1 Å². The number of aliphatic hydroxyl groups is 1. The monoisotopic (exact) mass is 371 g/mol. The molecule has 2 aliphatic rings. The van der Waals surface area contributed by atoms with Gasteiger partial charge >= 0.3 is 6.09 Å². The van der Waals surface area contributed by atoms with Crippen molar-refractivity contribution < 1.29 is 14.6 Å². The van der Waals surface area contributed by atoms with Gasteiger partial charge in [-0.2, -0.15) is 0 Å². The van der Waals surface area contributed by atoms with Gasteiger partial charge in [0.2, 0.25) is 0 Å². The van der Waals surface area contributed by atoms with Crippen LogP contribution in [0.2, 0.25) is 0 Å². The van der Waals surface area contributed by atoms with Gasteiger partial charge in [0.05, 0.1) is 18.8 Å². The molecule has 1 fully saturated rings. The zero-order valence-corrected chi connectivity index (χ0v) is 16.3. The van der Waals surface area contributed by atoms with Crippen LogP contribution in [0.25, 0.3) is 10.9 Å². The maximum absolute atomic E-state index is 12.4. The Morgan fingerprint density at radius 1 is 1.44 bits per heavy atom. The SMILES string of the molecule is CCOC(=O)N(C)[C@H]1C[C@H]2c3[nH]c4ccccc4c3CCN2C[C@H]1[C@H](C)O. The topological polar surface area (TPSA) is 68.8 Å². The van der Waals surface area contributed by atoms with Crippen molar-refractivity contribution in [3.8, 4) is 0 Å². The van der Waals surface area contributed by atoms with E-state index in [9.17, 15) is 9.90 Å². The lowest BCUT2D eigenvalue weighted by Crippen LogP contribution is -2.56. The van der Waals surface area contributed by atoms with Gasteiger partial charge in [0, 0.05) is 48.7 Å². The molecular formula is C21H29N3O3. The summed E-state index contributed by atoms with van der Waals surface area (Å²) in [6.45, 7) is 5.77. The number of hydrogen-bond acceptors (Lipinski definition) is 4. The van der Waals surface area contributed by atoms with E-state index >= 15 is 0 Å². The molecule has 27 heavy (non-hydrogen) atoms. The van der Waals surface area contributed by atoms with Crippen LogP contribution >= 0.6 is 0 Å². The van der Waals surface area contributed by atoms with Crippen molar-refractivity contribution in [2.75, 3.05) is 26.7 Å². The van der Waals surface area contributed by atoms with E-state index in [1.807, 2.05) is 13.8 Å². The zero-order chi connectivity index (χ0) is 19.1. The molecule has 2 aromatic rings. The summed E-state index contributed by atoms with van der Waals surface area (Å²) in [7, 11) is 1.79. The number of benzene rings is 1. The molecule has 0 spiro atoms. The van der Waals surface area contributed by atoms with Crippen LogP contribution in [0.15, 0.2) is 24.3 Å². The molecule has 0 bridgehead atoms. The summed E-state index contributed by atoms with van der Waals surface area (Å²) in [5.41, 5.74) is 3.85. The Hall–Kier alpha value is -2.05. The Kier molecular flexibility index (Phi) is 4.86. The molecule has 146 valence electrons. The molecular weight excluding hydrogens is 342 g/mol. The number of H-pyrrole nitrogens is 1. The molecule has 2 aliphatic heterocycles. The molecule has 6 nitrogen and oxygen atoms in total. The summed E-state index contributed by atoms with van der Waals surface area (Å²) in [4.78, 5) is 20.1. The van der Waals surface area contributed by atoms with Gasteiger partial charge in [-0.25, -0.2) is 4.79 Å². The first-order chi connectivity index (χ1) is 13.0. The number of carbonyl (C=O) groups excluding carboxylic acids is 1. The molecule has 3 heterocycles. The first kappa shape index (κ1) is 18.3. The van der Waals surface area contributed by atoms with Gasteiger partial charge in [-0.05, 0) is 38.3 Å². The predicted molar refractivity (Wildman–Crippen MR) is 105 cm³/mol. The van der Waals surface area contributed by atoms with E-state index < -0.39 is 6.10 Å². The Morgan fingerprint density at radius 3 is 2.96 bits per heavy atom. The number of carbonyl (C=O) groups is 1. The largest absolute Gasteiger partial charge is 0.450 e. The Balaban J connectivity index is 1.68. The van der Waals surface area contributed by atoms with Crippen LogP contribution in [0, 0.1) is 5.92 Å². The number of piperidine rings is 1. The third-order valence-corrected chi connectivity index (χ3v) is 6.35. The Labute approximate surface area is 160 Å². The molecule has 1 saturated heterocycles. The molecule has 2 N–H and O–H groups in total. The van der Waals surface area contributed by atoms with E-state index in [0.29, 0.717) is 6.61 Å². The molecule has 0 aliphatic carbocycles. The van der Waals surface area contributed by atoms with E-state index in [0.717, 1.165) is 25.9 Å². The van der Waals surface area contributed by atoms with E-state index in [1.165, 1.54) is 22.2 Å². The average Bonchev–Trinajstić information content (AvgIpc) is 3.05. The van der Waals surface area contributed by atoms with Gasteiger partial charge in [-0.15, -0.1) is 0 Å². The molecule has 1 amide bonds. The number of rotatable bonds is 3. The average molecular weight is 371 g/mol. The number of amides is 1. The van der Waals surface area contributed by atoms with Gasteiger partial charge in [-0.3, -0.25) is 4.90 Å². The Morgan fingerprint density at radius 2 is 2.22 bits per heavy atom. The lowest BCUT2D eigenvalue weighted by molar-refractivity contribution is -0.0276. The van der Waals surface area contributed by atoms with Gasteiger partial charge in [0.25, 0.3) is 0 Å². The number of ether oxygens (including phenoxy) is 1. The fourth-order valence-corrected chi connectivity index (χ4v) is 4.93. The number of aromatic nitrogens is 1. The fraction of sp³-hybridized carbons (Fsp3) is 0.571. The van der Waals surface area contributed by atoms with E-state index in [2.05, 4.69) is 34.1 Å². The fourth-order valence-electron chi connectivity index (χ4n) is 4.93. The van der Waals surface area contributed by atoms with Crippen LogP contribution in [-0.2, 0) is 11.2 Å². The third-order valence-electron chi connectivity index (χ3n) is 6.35. The van der Waals surface area contributed by atoms with Crippen molar-refractivity contribution >= 4 is 17.0 Å². The number of fused-ring (bicyclic) bond motifs is 5. The van der Waals surface area contributed by atoms with E-state index in [1.54, 1.807) is 11.9 Å². The normalized spacial score (nSPS) is 26.3. The summed E-state index contributed by atoms with van der Waals surface area (Å²) < 4.78 is 5.22. The number of nitrogens with one attached hydrogen (secondary N) is 1. The van der Waals surface area contributed by atoms with Gasteiger partial charge in [0.15, 0.2) is 0 Å².